The monoisotopic (exact) mass is 211 g/mol. The van der Waals surface area contributed by atoms with E-state index in [1.807, 2.05) is 13.8 Å². The van der Waals surface area contributed by atoms with Crippen molar-refractivity contribution in [1.29, 1.82) is 0 Å². The van der Waals surface area contributed by atoms with Crippen molar-refractivity contribution in [3.63, 3.8) is 0 Å². The highest BCUT2D eigenvalue weighted by Gasteiger charge is 2.04. The first-order valence-corrected chi connectivity index (χ1v) is 5.61. The van der Waals surface area contributed by atoms with Gasteiger partial charge in [0.1, 0.15) is 0 Å². The van der Waals surface area contributed by atoms with E-state index in [0.29, 0.717) is 0 Å². The van der Waals surface area contributed by atoms with Gasteiger partial charge in [-0.05, 0) is 33.2 Å². The molecule has 1 aliphatic heterocycles. The molecule has 4 nitrogen and oxygen atoms in total. The van der Waals surface area contributed by atoms with E-state index >= 15 is 0 Å². The average molecular weight is 211 g/mol. The molecule has 0 radical (unpaired) electrons. The molecule has 0 aromatic heterocycles. The lowest BCUT2D eigenvalue weighted by atomic mass is 10.1. The summed E-state index contributed by atoms with van der Waals surface area (Å²) in [5.74, 6) is 0. The Bertz CT molecular complexity index is 236. The highest BCUT2D eigenvalue weighted by Crippen LogP contribution is 2.07. The van der Waals surface area contributed by atoms with Gasteiger partial charge < -0.3 is 16.0 Å². The van der Waals surface area contributed by atoms with E-state index in [4.69, 9.17) is 0 Å². The van der Waals surface area contributed by atoms with E-state index in [9.17, 15) is 4.79 Å². The van der Waals surface area contributed by atoms with Gasteiger partial charge >= 0.3 is 6.03 Å². The summed E-state index contributed by atoms with van der Waals surface area (Å²) in [6.07, 6.45) is 4.28. The normalized spacial score (nSPS) is 16.1. The van der Waals surface area contributed by atoms with Crippen LogP contribution in [0.15, 0.2) is 11.6 Å². The molecule has 0 aromatic carbocycles. The summed E-state index contributed by atoms with van der Waals surface area (Å²) in [5, 5.41) is 8.91. The fourth-order valence-electron chi connectivity index (χ4n) is 1.55. The number of amides is 2. The zero-order chi connectivity index (χ0) is 11.1. The second kappa shape index (κ2) is 6.45. The van der Waals surface area contributed by atoms with Crippen molar-refractivity contribution < 1.29 is 4.79 Å². The number of rotatable bonds is 4. The Balaban J connectivity index is 2.10. The van der Waals surface area contributed by atoms with E-state index in [-0.39, 0.29) is 12.1 Å². The van der Waals surface area contributed by atoms with Crippen LogP contribution in [-0.2, 0) is 0 Å². The molecule has 0 unspecified atom stereocenters. The molecule has 1 heterocycles. The van der Waals surface area contributed by atoms with Crippen molar-refractivity contribution in [3.05, 3.63) is 11.6 Å². The summed E-state index contributed by atoms with van der Waals surface area (Å²) >= 11 is 0. The summed E-state index contributed by atoms with van der Waals surface area (Å²) in [5.41, 5.74) is 1.44. The molecule has 0 aromatic rings. The zero-order valence-electron chi connectivity index (χ0n) is 9.60. The molecule has 0 saturated carbocycles. The van der Waals surface area contributed by atoms with Crippen LogP contribution in [-0.4, -0.2) is 31.7 Å². The molecule has 0 aliphatic carbocycles. The Morgan fingerprint density at radius 1 is 1.60 bits per heavy atom. The van der Waals surface area contributed by atoms with Gasteiger partial charge in [0.25, 0.3) is 0 Å². The fourth-order valence-corrected chi connectivity index (χ4v) is 1.55. The summed E-state index contributed by atoms with van der Waals surface area (Å²) < 4.78 is 0. The number of urea groups is 1. The molecular formula is C11H21N3O. The maximum Gasteiger partial charge on any atom is 0.314 e. The Kier molecular flexibility index (Phi) is 5.18. The van der Waals surface area contributed by atoms with E-state index in [0.717, 1.165) is 32.5 Å². The summed E-state index contributed by atoms with van der Waals surface area (Å²) in [6, 6.07) is 0.127. The Morgan fingerprint density at radius 3 is 3.00 bits per heavy atom. The Hall–Kier alpha value is -1.03. The van der Waals surface area contributed by atoms with Gasteiger partial charge in [-0.25, -0.2) is 4.79 Å². The van der Waals surface area contributed by atoms with Crippen molar-refractivity contribution in [2.45, 2.75) is 32.7 Å². The minimum Gasteiger partial charge on any atom is -0.338 e. The van der Waals surface area contributed by atoms with Crippen LogP contribution >= 0.6 is 0 Å². The third-order valence-corrected chi connectivity index (χ3v) is 2.31. The molecule has 1 rings (SSSR count). The lowest BCUT2D eigenvalue weighted by Crippen LogP contribution is -2.40. The number of carbonyl (C=O) groups excluding carboxylic acids is 1. The maximum atomic E-state index is 11.2. The van der Waals surface area contributed by atoms with Gasteiger partial charge in [-0.3, -0.25) is 0 Å². The van der Waals surface area contributed by atoms with Gasteiger partial charge in [0.05, 0.1) is 0 Å². The molecule has 0 bridgehead atoms. The molecule has 15 heavy (non-hydrogen) atoms. The lowest BCUT2D eigenvalue weighted by Gasteiger charge is -2.15. The number of carbonyl (C=O) groups is 1. The van der Waals surface area contributed by atoms with E-state index in [2.05, 4.69) is 22.0 Å². The van der Waals surface area contributed by atoms with Gasteiger partial charge in [-0.15, -0.1) is 0 Å². The smallest absolute Gasteiger partial charge is 0.314 e. The van der Waals surface area contributed by atoms with E-state index in [1.165, 1.54) is 5.57 Å². The third kappa shape index (κ3) is 5.42. The lowest BCUT2D eigenvalue weighted by molar-refractivity contribution is 0.238. The topological polar surface area (TPSA) is 53.2 Å². The minimum absolute atomic E-state index is 0.0699. The van der Waals surface area contributed by atoms with Crippen molar-refractivity contribution in [2.24, 2.45) is 0 Å². The standard InChI is InChI=1S/C11H21N3O/c1-9(2)14-11(15)13-8-5-10-3-6-12-7-4-10/h3,9,12H,4-8H2,1-2H3,(H2,13,14,15). The van der Waals surface area contributed by atoms with E-state index < -0.39 is 0 Å². The summed E-state index contributed by atoms with van der Waals surface area (Å²) in [6.45, 7) is 6.66. The van der Waals surface area contributed by atoms with Crippen LogP contribution in [0.4, 0.5) is 4.79 Å². The molecule has 0 spiro atoms. The first-order chi connectivity index (χ1) is 7.18. The molecule has 86 valence electrons. The van der Waals surface area contributed by atoms with Crippen molar-refractivity contribution in [3.8, 4) is 0 Å². The zero-order valence-corrected chi connectivity index (χ0v) is 9.60. The molecule has 3 N–H and O–H groups in total. The van der Waals surface area contributed by atoms with Gasteiger partial charge in [0, 0.05) is 19.1 Å². The van der Waals surface area contributed by atoms with Crippen LogP contribution in [0.5, 0.6) is 0 Å². The van der Waals surface area contributed by atoms with Crippen molar-refractivity contribution >= 4 is 6.03 Å². The largest absolute Gasteiger partial charge is 0.338 e. The molecule has 1 aliphatic rings. The predicted octanol–water partition coefficient (Wildman–Crippen LogP) is 1.00. The maximum absolute atomic E-state index is 11.2. The van der Waals surface area contributed by atoms with Crippen LogP contribution < -0.4 is 16.0 Å². The predicted molar refractivity (Wildman–Crippen MR) is 61.9 cm³/mol. The summed E-state index contributed by atoms with van der Waals surface area (Å²) in [4.78, 5) is 11.2. The second-order valence-corrected chi connectivity index (χ2v) is 4.12. The van der Waals surface area contributed by atoms with Crippen LogP contribution in [0, 0.1) is 0 Å². The number of hydrogen-bond acceptors (Lipinski definition) is 2. The van der Waals surface area contributed by atoms with Crippen molar-refractivity contribution in [2.75, 3.05) is 19.6 Å². The highest BCUT2D eigenvalue weighted by atomic mass is 16.2. The van der Waals surface area contributed by atoms with Gasteiger partial charge in [0.2, 0.25) is 0 Å². The van der Waals surface area contributed by atoms with Crippen molar-refractivity contribution in [1.82, 2.24) is 16.0 Å². The first-order valence-electron chi connectivity index (χ1n) is 5.61. The molecule has 0 atom stereocenters. The van der Waals surface area contributed by atoms with Gasteiger partial charge in [-0.1, -0.05) is 11.6 Å². The SMILES string of the molecule is CC(C)NC(=O)NCCC1=CCNCC1. The molecular weight excluding hydrogens is 190 g/mol. The first kappa shape index (κ1) is 12.0. The van der Waals surface area contributed by atoms with E-state index in [1.54, 1.807) is 0 Å². The quantitative estimate of drug-likeness (QED) is 0.608. The Morgan fingerprint density at radius 2 is 2.40 bits per heavy atom. The minimum atomic E-state index is -0.0699. The van der Waals surface area contributed by atoms with Crippen LogP contribution in [0.3, 0.4) is 0 Å². The fraction of sp³-hybridized carbons (Fsp3) is 0.727. The van der Waals surface area contributed by atoms with Crippen LogP contribution in [0.2, 0.25) is 0 Å². The van der Waals surface area contributed by atoms with Crippen LogP contribution in [0.1, 0.15) is 26.7 Å². The average Bonchev–Trinajstić information content (AvgIpc) is 2.18. The molecule has 2 amide bonds. The number of hydrogen-bond donors (Lipinski definition) is 3. The van der Waals surface area contributed by atoms with Crippen LogP contribution in [0.25, 0.3) is 0 Å². The molecule has 0 saturated heterocycles. The molecule has 4 heteroatoms. The third-order valence-electron chi connectivity index (χ3n) is 2.31. The van der Waals surface area contributed by atoms with Gasteiger partial charge in [-0.2, -0.15) is 0 Å². The highest BCUT2D eigenvalue weighted by molar-refractivity contribution is 5.74. The number of nitrogens with one attached hydrogen (secondary N) is 3. The molecule has 0 fully saturated rings. The second-order valence-electron chi connectivity index (χ2n) is 4.12. The Labute approximate surface area is 91.5 Å². The van der Waals surface area contributed by atoms with Gasteiger partial charge in [0.15, 0.2) is 0 Å². The summed E-state index contributed by atoms with van der Waals surface area (Å²) in [7, 11) is 0.